The molecule has 1 aromatic heterocycles. The number of hydrogen-bond donors (Lipinski definition) is 1. The highest BCUT2D eigenvalue weighted by atomic mass is 19.1. The largest absolute Gasteiger partial charge is 0.320 e. The van der Waals surface area contributed by atoms with Crippen LogP contribution < -0.4 is 5.73 Å². The summed E-state index contributed by atoms with van der Waals surface area (Å²) in [7, 11) is 0. The van der Waals surface area contributed by atoms with E-state index in [1.54, 1.807) is 17.1 Å². The molecular formula is C13H15F2N3. The highest BCUT2D eigenvalue weighted by molar-refractivity contribution is 5.30. The number of rotatable bonds is 4. The average molecular weight is 251 g/mol. The van der Waals surface area contributed by atoms with Crippen molar-refractivity contribution in [3.8, 4) is 0 Å². The fourth-order valence-corrected chi connectivity index (χ4v) is 1.82. The molecule has 0 aliphatic rings. The Hall–Kier alpha value is -1.75. The van der Waals surface area contributed by atoms with Gasteiger partial charge < -0.3 is 5.73 Å². The number of nitrogens with zero attached hydrogens (tertiary/aromatic N) is 2. The second-order valence-electron chi connectivity index (χ2n) is 4.18. The van der Waals surface area contributed by atoms with E-state index in [2.05, 4.69) is 5.10 Å². The lowest BCUT2D eigenvalue weighted by Gasteiger charge is -2.11. The molecule has 96 valence electrons. The Kier molecular flexibility index (Phi) is 3.72. The Bertz CT molecular complexity index is 537. The van der Waals surface area contributed by atoms with E-state index in [9.17, 15) is 8.78 Å². The Morgan fingerprint density at radius 3 is 2.89 bits per heavy atom. The first-order valence-corrected chi connectivity index (χ1v) is 5.84. The van der Waals surface area contributed by atoms with Gasteiger partial charge in [-0.15, -0.1) is 0 Å². The SMILES string of the molecule is CCCn1cc(C(N)c2cc(F)ccc2F)cn1. The molecule has 2 rings (SSSR count). The van der Waals surface area contributed by atoms with Gasteiger partial charge in [-0.3, -0.25) is 4.68 Å². The first-order valence-electron chi connectivity index (χ1n) is 5.84. The van der Waals surface area contributed by atoms with E-state index in [1.807, 2.05) is 6.92 Å². The van der Waals surface area contributed by atoms with Crippen LogP contribution in [-0.2, 0) is 6.54 Å². The quantitative estimate of drug-likeness (QED) is 0.907. The van der Waals surface area contributed by atoms with Gasteiger partial charge in [-0.25, -0.2) is 8.78 Å². The molecule has 1 heterocycles. The summed E-state index contributed by atoms with van der Waals surface area (Å²) >= 11 is 0. The summed E-state index contributed by atoms with van der Waals surface area (Å²) in [5.74, 6) is -1.00. The van der Waals surface area contributed by atoms with Gasteiger partial charge in [-0.1, -0.05) is 6.92 Å². The molecule has 5 heteroatoms. The zero-order chi connectivity index (χ0) is 13.1. The minimum Gasteiger partial charge on any atom is -0.320 e. The normalized spacial score (nSPS) is 12.7. The zero-order valence-corrected chi connectivity index (χ0v) is 10.1. The lowest BCUT2D eigenvalue weighted by atomic mass is 10.0. The van der Waals surface area contributed by atoms with Gasteiger partial charge in [0, 0.05) is 23.9 Å². The molecular weight excluding hydrogens is 236 g/mol. The van der Waals surface area contributed by atoms with Crippen LogP contribution >= 0.6 is 0 Å². The number of aryl methyl sites for hydroxylation is 1. The lowest BCUT2D eigenvalue weighted by molar-refractivity contribution is 0.576. The van der Waals surface area contributed by atoms with E-state index in [-0.39, 0.29) is 5.56 Å². The summed E-state index contributed by atoms with van der Waals surface area (Å²) in [6, 6.07) is 2.58. The highest BCUT2D eigenvalue weighted by Gasteiger charge is 2.16. The third kappa shape index (κ3) is 2.56. The van der Waals surface area contributed by atoms with Crippen molar-refractivity contribution in [2.24, 2.45) is 5.73 Å². The highest BCUT2D eigenvalue weighted by Crippen LogP contribution is 2.22. The summed E-state index contributed by atoms with van der Waals surface area (Å²) in [6.07, 6.45) is 4.30. The first kappa shape index (κ1) is 12.7. The van der Waals surface area contributed by atoms with Gasteiger partial charge in [0.2, 0.25) is 0 Å². The van der Waals surface area contributed by atoms with Crippen LogP contribution in [0, 0.1) is 11.6 Å². The fraction of sp³-hybridized carbons (Fsp3) is 0.308. The number of aromatic nitrogens is 2. The summed E-state index contributed by atoms with van der Waals surface area (Å²) in [6.45, 7) is 2.81. The van der Waals surface area contributed by atoms with Gasteiger partial charge >= 0.3 is 0 Å². The summed E-state index contributed by atoms with van der Waals surface area (Å²) in [5, 5.41) is 4.13. The maximum atomic E-state index is 13.6. The molecule has 0 spiro atoms. The topological polar surface area (TPSA) is 43.8 Å². The number of halogens is 2. The minimum absolute atomic E-state index is 0.144. The van der Waals surface area contributed by atoms with E-state index in [0.29, 0.717) is 5.56 Å². The van der Waals surface area contributed by atoms with E-state index >= 15 is 0 Å². The Morgan fingerprint density at radius 2 is 2.17 bits per heavy atom. The molecule has 0 radical (unpaired) electrons. The van der Waals surface area contributed by atoms with Crippen molar-refractivity contribution in [3.63, 3.8) is 0 Å². The van der Waals surface area contributed by atoms with Crippen molar-refractivity contribution in [2.45, 2.75) is 25.9 Å². The molecule has 1 unspecified atom stereocenters. The van der Waals surface area contributed by atoms with E-state index in [4.69, 9.17) is 5.73 Å². The van der Waals surface area contributed by atoms with Gasteiger partial charge in [0.1, 0.15) is 11.6 Å². The number of benzene rings is 1. The average Bonchev–Trinajstić information content (AvgIpc) is 2.80. The molecule has 0 amide bonds. The monoisotopic (exact) mass is 251 g/mol. The molecule has 0 saturated heterocycles. The molecule has 0 aliphatic heterocycles. The van der Waals surface area contributed by atoms with Crippen LogP contribution in [0.3, 0.4) is 0 Å². The lowest BCUT2D eigenvalue weighted by Crippen LogP contribution is -2.13. The molecule has 3 nitrogen and oxygen atoms in total. The van der Waals surface area contributed by atoms with Gasteiger partial charge in [0.25, 0.3) is 0 Å². The van der Waals surface area contributed by atoms with Crippen molar-refractivity contribution >= 4 is 0 Å². The van der Waals surface area contributed by atoms with Crippen LogP contribution in [0.2, 0.25) is 0 Å². The smallest absolute Gasteiger partial charge is 0.128 e. The molecule has 2 aromatic rings. The van der Waals surface area contributed by atoms with Crippen molar-refractivity contribution < 1.29 is 8.78 Å². The Labute approximate surface area is 104 Å². The van der Waals surface area contributed by atoms with E-state index in [0.717, 1.165) is 31.2 Å². The summed E-state index contributed by atoms with van der Waals surface area (Å²) in [5.41, 5.74) is 6.75. The van der Waals surface area contributed by atoms with Gasteiger partial charge in [-0.2, -0.15) is 5.10 Å². The van der Waals surface area contributed by atoms with Crippen LogP contribution in [0.5, 0.6) is 0 Å². The maximum absolute atomic E-state index is 13.6. The van der Waals surface area contributed by atoms with Crippen molar-refractivity contribution in [1.29, 1.82) is 0 Å². The molecule has 18 heavy (non-hydrogen) atoms. The van der Waals surface area contributed by atoms with Crippen LogP contribution in [-0.4, -0.2) is 9.78 Å². The van der Waals surface area contributed by atoms with Crippen molar-refractivity contribution in [3.05, 3.63) is 53.4 Å². The molecule has 1 atom stereocenters. The third-order valence-electron chi connectivity index (χ3n) is 2.76. The van der Waals surface area contributed by atoms with Crippen LogP contribution in [0.15, 0.2) is 30.6 Å². The predicted octanol–water partition coefficient (Wildman–Crippen LogP) is 2.62. The molecule has 0 fully saturated rings. The minimum atomic E-state index is -0.702. The second-order valence-corrected chi connectivity index (χ2v) is 4.18. The number of hydrogen-bond acceptors (Lipinski definition) is 2. The van der Waals surface area contributed by atoms with Gasteiger partial charge in [0.05, 0.1) is 12.2 Å². The van der Waals surface area contributed by atoms with Crippen LogP contribution in [0.4, 0.5) is 8.78 Å². The Morgan fingerprint density at radius 1 is 1.39 bits per heavy atom. The molecule has 0 saturated carbocycles. The number of nitrogens with two attached hydrogens (primary N) is 1. The molecule has 0 aliphatic carbocycles. The third-order valence-corrected chi connectivity index (χ3v) is 2.76. The molecule has 0 bridgehead atoms. The predicted molar refractivity (Wildman–Crippen MR) is 64.9 cm³/mol. The first-order chi connectivity index (χ1) is 8.61. The van der Waals surface area contributed by atoms with E-state index < -0.39 is 17.7 Å². The van der Waals surface area contributed by atoms with Crippen molar-refractivity contribution in [1.82, 2.24) is 9.78 Å². The Balaban J connectivity index is 2.29. The maximum Gasteiger partial charge on any atom is 0.128 e. The fourth-order valence-electron chi connectivity index (χ4n) is 1.82. The van der Waals surface area contributed by atoms with E-state index in [1.165, 1.54) is 0 Å². The summed E-state index contributed by atoms with van der Waals surface area (Å²) < 4.78 is 28.4. The second kappa shape index (κ2) is 5.27. The van der Waals surface area contributed by atoms with Crippen molar-refractivity contribution in [2.75, 3.05) is 0 Å². The van der Waals surface area contributed by atoms with Crippen LogP contribution in [0.25, 0.3) is 0 Å². The summed E-state index contributed by atoms with van der Waals surface area (Å²) in [4.78, 5) is 0. The molecule has 1 aromatic carbocycles. The molecule has 2 N–H and O–H groups in total. The van der Waals surface area contributed by atoms with Gasteiger partial charge in [0.15, 0.2) is 0 Å². The standard InChI is InChI=1S/C13H15F2N3/c1-2-5-18-8-9(7-17-18)13(16)11-6-10(14)3-4-12(11)15/h3-4,6-8,13H,2,5,16H2,1H3. The zero-order valence-electron chi connectivity index (χ0n) is 10.1. The van der Waals surface area contributed by atoms with Gasteiger partial charge in [-0.05, 0) is 24.6 Å². The van der Waals surface area contributed by atoms with Crippen LogP contribution in [0.1, 0.15) is 30.5 Å².